The monoisotopic (exact) mass is 236 g/mol. The van der Waals surface area contributed by atoms with Gasteiger partial charge in [-0.2, -0.15) is 5.10 Å². The number of nitrogens with zero attached hydrogens (tertiary/aromatic N) is 1. The molecule has 1 saturated carbocycles. The molecule has 0 saturated heterocycles. The Kier molecular flexibility index (Phi) is 3.09. The third kappa shape index (κ3) is 2.78. The first-order chi connectivity index (χ1) is 7.98. The van der Waals surface area contributed by atoms with Crippen LogP contribution < -0.4 is 11.1 Å². The van der Waals surface area contributed by atoms with E-state index in [0.29, 0.717) is 16.8 Å². The van der Waals surface area contributed by atoms with Gasteiger partial charge in [-0.25, -0.2) is 0 Å². The van der Waals surface area contributed by atoms with Crippen molar-refractivity contribution < 1.29 is 4.79 Å². The Labute approximate surface area is 101 Å². The first kappa shape index (κ1) is 12.0. The number of carbonyl (C=O) groups excluding carboxylic acids is 1. The van der Waals surface area contributed by atoms with Crippen LogP contribution in [0.25, 0.3) is 0 Å². The molecule has 1 aliphatic carbocycles. The molecule has 0 bridgehead atoms. The molecular formula is C12H20N4O. The number of hydrogen-bond donors (Lipinski definition) is 3. The summed E-state index contributed by atoms with van der Waals surface area (Å²) in [6, 6.07) is 0.262. The Hall–Kier alpha value is -1.52. The van der Waals surface area contributed by atoms with Crippen LogP contribution in [0.1, 0.15) is 50.0 Å². The number of nitrogens with one attached hydrogen (secondary N) is 2. The van der Waals surface area contributed by atoms with Gasteiger partial charge >= 0.3 is 0 Å². The van der Waals surface area contributed by atoms with Gasteiger partial charge in [0.1, 0.15) is 5.69 Å². The third-order valence-corrected chi connectivity index (χ3v) is 3.57. The van der Waals surface area contributed by atoms with Crippen molar-refractivity contribution in [1.29, 1.82) is 0 Å². The van der Waals surface area contributed by atoms with Crippen LogP contribution in [-0.2, 0) is 0 Å². The predicted octanol–water partition coefficient (Wildman–Crippen LogP) is 1.69. The third-order valence-electron chi connectivity index (χ3n) is 3.57. The molecule has 5 nitrogen and oxygen atoms in total. The van der Waals surface area contributed by atoms with Gasteiger partial charge in [-0.05, 0) is 31.1 Å². The number of aromatic amines is 1. The minimum atomic E-state index is -0.148. The molecule has 1 fully saturated rings. The maximum Gasteiger partial charge on any atom is 0.271 e. The summed E-state index contributed by atoms with van der Waals surface area (Å²) >= 11 is 0. The van der Waals surface area contributed by atoms with Crippen LogP contribution in [0.5, 0.6) is 0 Å². The molecule has 1 aromatic rings. The summed E-state index contributed by atoms with van der Waals surface area (Å²) in [5, 5.41) is 9.38. The zero-order chi connectivity index (χ0) is 12.5. The fourth-order valence-electron chi connectivity index (χ4n) is 2.28. The van der Waals surface area contributed by atoms with Crippen LogP contribution in [-0.4, -0.2) is 22.1 Å². The van der Waals surface area contributed by atoms with Gasteiger partial charge < -0.3 is 11.1 Å². The maximum atomic E-state index is 11.9. The molecule has 1 aromatic heterocycles. The van der Waals surface area contributed by atoms with Crippen molar-refractivity contribution in [2.75, 3.05) is 5.73 Å². The summed E-state index contributed by atoms with van der Waals surface area (Å²) in [5.74, 6) is -0.148. The molecule has 4 N–H and O–H groups in total. The minimum Gasteiger partial charge on any atom is -0.396 e. The molecule has 0 aliphatic heterocycles. The van der Waals surface area contributed by atoms with E-state index in [2.05, 4.69) is 29.4 Å². The second-order valence-corrected chi connectivity index (χ2v) is 5.61. The van der Waals surface area contributed by atoms with Crippen LogP contribution in [0.15, 0.2) is 6.20 Å². The van der Waals surface area contributed by atoms with Crippen LogP contribution in [0, 0.1) is 5.41 Å². The van der Waals surface area contributed by atoms with Crippen LogP contribution in [0.2, 0.25) is 0 Å². The number of nitrogen functional groups attached to an aromatic ring is 1. The average molecular weight is 236 g/mol. The molecule has 5 heteroatoms. The SMILES string of the molecule is CC1(C)CCC(NC(=O)c2[nH]ncc2N)CC1. The van der Waals surface area contributed by atoms with Gasteiger partial charge in [0.2, 0.25) is 0 Å². The molecule has 0 radical (unpaired) electrons. The van der Waals surface area contributed by atoms with Gasteiger partial charge in [0, 0.05) is 6.04 Å². The lowest BCUT2D eigenvalue weighted by molar-refractivity contribution is 0.0905. The second-order valence-electron chi connectivity index (χ2n) is 5.61. The maximum absolute atomic E-state index is 11.9. The van der Waals surface area contributed by atoms with E-state index >= 15 is 0 Å². The molecule has 1 heterocycles. The summed E-state index contributed by atoms with van der Waals surface area (Å²) < 4.78 is 0. The van der Waals surface area contributed by atoms with Crippen molar-refractivity contribution >= 4 is 11.6 Å². The number of rotatable bonds is 2. The van der Waals surface area contributed by atoms with Crippen LogP contribution >= 0.6 is 0 Å². The van der Waals surface area contributed by atoms with Crippen molar-refractivity contribution in [3.05, 3.63) is 11.9 Å². The second kappa shape index (κ2) is 4.39. The highest BCUT2D eigenvalue weighted by atomic mass is 16.2. The van der Waals surface area contributed by atoms with Crippen molar-refractivity contribution in [2.45, 2.75) is 45.6 Å². The quantitative estimate of drug-likeness (QED) is 0.730. The van der Waals surface area contributed by atoms with E-state index < -0.39 is 0 Å². The van der Waals surface area contributed by atoms with Crippen LogP contribution in [0.4, 0.5) is 5.69 Å². The van der Waals surface area contributed by atoms with E-state index in [1.54, 1.807) is 0 Å². The topological polar surface area (TPSA) is 83.8 Å². The van der Waals surface area contributed by atoms with E-state index in [4.69, 9.17) is 5.73 Å². The highest BCUT2D eigenvalue weighted by molar-refractivity contribution is 5.97. The van der Waals surface area contributed by atoms with Gasteiger partial charge in [-0.3, -0.25) is 9.89 Å². The van der Waals surface area contributed by atoms with Gasteiger partial charge in [-0.15, -0.1) is 0 Å². The lowest BCUT2D eigenvalue weighted by atomic mass is 9.75. The minimum absolute atomic E-state index is 0.148. The molecule has 0 atom stereocenters. The number of amides is 1. The first-order valence-corrected chi connectivity index (χ1v) is 6.08. The number of nitrogens with two attached hydrogens (primary N) is 1. The summed E-state index contributed by atoms with van der Waals surface area (Å²) in [6.07, 6.45) is 5.82. The zero-order valence-corrected chi connectivity index (χ0v) is 10.4. The van der Waals surface area contributed by atoms with E-state index in [-0.39, 0.29) is 11.9 Å². The number of H-pyrrole nitrogens is 1. The van der Waals surface area contributed by atoms with E-state index in [0.717, 1.165) is 25.7 Å². The summed E-state index contributed by atoms with van der Waals surface area (Å²) in [7, 11) is 0. The first-order valence-electron chi connectivity index (χ1n) is 6.08. The number of carbonyl (C=O) groups is 1. The lowest BCUT2D eigenvalue weighted by Gasteiger charge is -2.34. The molecule has 0 unspecified atom stereocenters. The Morgan fingerprint density at radius 2 is 2.18 bits per heavy atom. The van der Waals surface area contributed by atoms with E-state index in [1.807, 2.05) is 0 Å². The molecule has 94 valence electrons. The lowest BCUT2D eigenvalue weighted by Crippen LogP contribution is -2.39. The number of anilines is 1. The standard InChI is InChI=1S/C12H20N4O/c1-12(2)5-3-8(4-6-12)15-11(17)10-9(13)7-14-16-10/h7-8H,3-6,13H2,1-2H3,(H,14,16)(H,15,17). The van der Waals surface area contributed by atoms with Gasteiger partial charge in [-0.1, -0.05) is 13.8 Å². The number of hydrogen-bond acceptors (Lipinski definition) is 3. The largest absolute Gasteiger partial charge is 0.396 e. The highest BCUT2D eigenvalue weighted by Gasteiger charge is 2.28. The molecule has 1 aliphatic rings. The Morgan fingerprint density at radius 1 is 1.53 bits per heavy atom. The zero-order valence-electron chi connectivity index (χ0n) is 10.4. The Balaban J connectivity index is 1.91. The van der Waals surface area contributed by atoms with Gasteiger partial charge in [0.15, 0.2) is 0 Å². The van der Waals surface area contributed by atoms with Crippen molar-refractivity contribution in [2.24, 2.45) is 5.41 Å². The molecule has 2 rings (SSSR count). The number of aromatic nitrogens is 2. The summed E-state index contributed by atoms with van der Waals surface area (Å²) in [4.78, 5) is 11.9. The van der Waals surface area contributed by atoms with E-state index in [9.17, 15) is 4.79 Å². The van der Waals surface area contributed by atoms with Gasteiger partial charge in [0.25, 0.3) is 5.91 Å². The molecule has 0 spiro atoms. The molecule has 1 amide bonds. The normalized spacial score (nSPS) is 20.1. The highest BCUT2D eigenvalue weighted by Crippen LogP contribution is 2.35. The molecular weight excluding hydrogens is 216 g/mol. The fourth-order valence-corrected chi connectivity index (χ4v) is 2.28. The fraction of sp³-hybridized carbons (Fsp3) is 0.667. The predicted molar refractivity (Wildman–Crippen MR) is 66.5 cm³/mol. The Bertz CT molecular complexity index is 400. The summed E-state index contributed by atoms with van der Waals surface area (Å²) in [6.45, 7) is 4.55. The molecule has 0 aromatic carbocycles. The van der Waals surface area contributed by atoms with Crippen molar-refractivity contribution in [1.82, 2.24) is 15.5 Å². The van der Waals surface area contributed by atoms with E-state index in [1.165, 1.54) is 6.20 Å². The average Bonchev–Trinajstić information content (AvgIpc) is 2.68. The van der Waals surface area contributed by atoms with Crippen molar-refractivity contribution in [3.63, 3.8) is 0 Å². The van der Waals surface area contributed by atoms with Gasteiger partial charge in [0.05, 0.1) is 11.9 Å². The Morgan fingerprint density at radius 3 is 2.71 bits per heavy atom. The van der Waals surface area contributed by atoms with Crippen LogP contribution in [0.3, 0.4) is 0 Å². The summed E-state index contributed by atoms with van der Waals surface area (Å²) in [5.41, 5.74) is 6.82. The smallest absolute Gasteiger partial charge is 0.271 e. The molecule has 17 heavy (non-hydrogen) atoms. The van der Waals surface area contributed by atoms with Crippen molar-refractivity contribution in [3.8, 4) is 0 Å².